The summed E-state index contributed by atoms with van der Waals surface area (Å²) in [6.07, 6.45) is 6.94. The molecule has 28 heavy (non-hydrogen) atoms. The molecule has 4 rings (SSSR count). The minimum atomic E-state index is 0.179. The SMILES string of the molecule is CC(c1ccc(Br)cc1)n1ccnn1.CC(c1ccc(Br)cc1)n1nccn1. The van der Waals surface area contributed by atoms with E-state index in [4.69, 9.17) is 0 Å². The van der Waals surface area contributed by atoms with Gasteiger partial charge in [0, 0.05) is 15.1 Å². The van der Waals surface area contributed by atoms with Crippen LogP contribution in [0.25, 0.3) is 0 Å². The highest BCUT2D eigenvalue weighted by molar-refractivity contribution is 9.10. The molecule has 0 saturated carbocycles. The minimum absolute atomic E-state index is 0.179. The lowest BCUT2D eigenvalue weighted by atomic mass is 10.1. The van der Waals surface area contributed by atoms with Gasteiger partial charge in [-0.25, -0.2) is 4.68 Å². The molecule has 0 radical (unpaired) electrons. The van der Waals surface area contributed by atoms with Crippen LogP contribution in [0.1, 0.15) is 37.1 Å². The Hall–Kier alpha value is -2.32. The van der Waals surface area contributed by atoms with Gasteiger partial charge in [0.25, 0.3) is 0 Å². The lowest BCUT2D eigenvalue weighted by Crippen LogP contribution is -2.09. The molecule has 6 nitrogen and oxygen atoms in total. The van der Waals surface area contributed by atoms with Crippen molar-refractivity contribution in [2.24, 2.45) is 0 Å². The number of nitrogens with zero attached hydrogens (tertiary/aromatic N) is 6. The van der Waals surface area contributed by atoms with Crippen LogP contribution >= 0.6 is 31.9 Å². The molecule has 144 valence electrons. The number of halogens is 2. The summed E-state index contributed by atoms with van der Waals surface area (Å²) in [5.74, 6) is 0. The van der Waals surface area contributed by atoms with Crippen molar-refractivity contribution in [2.45, 2.75) is 25.9 Å². The molecule has 0 bridgehead atoms. The van der Waals surface area contributed by atoms with Crippen molar-refractivity contribution in [3.8, 4) is 0 Å². The molecule has 2 heterocycles. The third kappa shape index (κ3) is 5.36. The van der Waals surface area contributed by atoms with Gasteiger partial charge in [-0.2, -0.15) is 15.0 Å². The van der Waals surface area contributed by atoms with Gasteiger partial charge in [-0.3, -0.25) is 0 Å². The summed E-state index contributed by atoms with van der Waals surface area (Å²) in [5, 5.41) is 16.0. The fraction of sp³-hybridized carbons (Fsp3) is 0.200. The Morgan fingerprint density at radius 1 is 0.714 bits per heavy atom. The molecule has 0 spiro atoms. The van der Waals surface area contributed by atoms with E-state index in [-0.39, 0.29) is 12.1 Å². The highest BCUT2D eigenvalue weighted by atomic mass is 79.9. The zero-order chi connectivity index (χ0) is 19.9. The van der Waals surface area contributed by atoms with E-state index in [2.05, 4.69) is 90.5 Å². The maximum atomic E-state index is 4.11. The van der Waals surface area contributed by atoms with E-state index < -0.39 is 0 Å². The molecular formula is C20H20Br2N6. The Labute approximate surface area is 180 Å². The largest absolute Gasteiger partial charge is 0.245 e. The summed E-state index contributed by atoms with van der Waals surface area (Å²) < 4.78 is 4.01. The summed E-state index contributed by atoms with van der Waals surface area (Å²) in [6.45, 7) is 4.17. The van der Waals surface area contributed by atoms with Crippen molar-refractivity contribution in [1.29, 1.82) is 0 Å². The number of aromatic nitrogens is 6. The monoisotopic (exact) mass is 502 g/mol. The summed E-state index contributed by atoms with van der Waals surface area (Å²) in [7, 11) is 0. The van der Waals surface area contributed by atoms with E-state index in [0.717, 1.165) is 8.95 Å². The highest BCUT2D eigenvalue weighted by Crippen LogP contribution is 2.19. The van der Waals surface area contributed by atoms with E-state index in [1.165, 1.54) is 11.1 Å². The van der Waals surface area contributed by atoms with Crippen LogP contribution in [0.15, 0.2) is 82.3 Å². The van der Waals surface area contributed by atoms with Crippen LogP contribution in [0.2, 0.25) is 0 Å². The van der Waals surface area contributed by atoms with Crippen molar-refractivity contribution in [3.63, 3.8) is 0 Å². The van der Waals surface area contributed by atoms with Gasteiger partial charge >= 0.3 is 0 Å². The normalized spacial score (nSPS) is 12.7. The summed E-state index contributed by atoms with van der Waals surface area (Å²) in [5.41, 5.74) is 2.42. The zero-order valence-corrected chi connectivity index (χ0v) is 18.7. The molecule has 2 aromatic carbocycles. The van der Waals surface area contributed by atoms with Crippen LogP contribution in [-0.2, 0) is 0 Å². The molecular weight excluding hydrogens is 484 g/mol. The molecule has 2 aromatic heterocycles. The van der Waals surface area contributed by atoms with E-state index in [9.17, 15) is 0 Å². The Bertz CT molecular complexity index is 869. The summed E-state index contributed by atoms with van der Waals surface area (Å²) >= 11 is 6.81. The van der Waals surface area contributed by atoms with Crippen LogP contribution < -0.4 is 0 Å². The Kier molecular flexibility index (Phi) is 7.11. The van der Waals surface area contributed by atoms with Crippen LogP contribution in [0.4, 0.5) is 0 Å². The zero-order valence-electron chi connectivity index (χ0n) is 15.5. The first kappa shape index (κ1) is 20.4. The molecule has 0 aliphatic heterocycles. The maximum Gasteiger partial charge on any atom is 0.0937 e. The average Bonchev–Trinajstić information content (AvgIpc) is 3.43. The molecule has 0 saturated heterocycles. The number of rotatable bonds is 4. The topological polar surface area (TPSA) is 61.4 Å². The molecule has 0 amide bonds. The summed E-state index contributed by atoms with van der Waals surface area (Å²) in [6, 6.07) is 16.8. The predicted octanol–water partition coefficient (Wildman–Crippen LogP) is 5.30. The smallest absolute Gasteiger partial charge is 0.0937 e. The molecule has 0 aliphatic rings. The van der Waals surface area contributed by atoms with E-state index >= 15 is 0 Å². The predicted molar refractivity (Wildman–Crippen MR) is 116 cm³/mol. The van der Waals surface area contributed by atoms with Crippen molar-refractivity contribution in [2.75, 3.05) is 0 Å². The minimum Gasteiger partial charge on any atom is -0.245 e. The number of benzene rings is 2. The molecule has 0 fully saturated rings. The third-order valence-electron chi connectivity index (χ3n) is 4.33. The summed E-state index contributed by atoms with van der Waals surface area (Å²) in [4.78, 5) is 1.70. The Balaban J connectivity index is 0.000000161. The maximum absolute atomic E-state index is 4.11. The van der Waals surface area contributed by atoms with Crippen molar-refractivity contribution < 1.29 is 0 Å². The Morgan fingerprint density at radius 2 is 1.21 bits per heavy atom. The molecule has 0 N–H and O–H groups in total. The van der Waals surface area contributed by atoms with Crippen molar-refractivity contribution >= 4 is 31.9 Å². The van der Waals surface area contributed by atoms with E-state index in [1.807, 2.05) is 35.1 Å². The second-order valence-corrected chi connectivity index (χ2v) is 8.02. The van der Waals surface area contributed by atoms with Gasteiger partial charge < -0.3 is 0 Å². The fourth-order valence-corrected chi connectivity index (χ4v) is 3.15. The molecule has 2 unspecified atom stereocenters. The van der Waals surface area contributed by atoms with Gasteiger partial charge in [0.2, 0.25) is 0 Å². The Morgan fingerprint density at radius 3 is 1.68 bits per heavy atom. The average molecular weight is 504 g/mol. The van der Waals surface area contributed by atoms with Gasteiger partial charge in [-0.05, 0) is 49.2 Å². The molecule has 0 aliphatic carbocycles. The molecule has 2 atom stereocenters. The third-order valence-corrected chi connectivity index (χ3v) is 5.38. The van der Waals surface area contributed by atoms with Crippen LogP contribution in [0.5, 0.6) is 0 Å². The van der Waals surface area contributed by atoms with Crippen LogP contribution in [0, 0.1) is 0 Å². The molecule has 8 heteroatoms. The second-order valence-electron chi connectivity index (χ2n) is 6.19. The van der Waals surface area contributed by atoms with Gasteiger partial charge in [-0.15, -0.1) is 5.10 Å². The van der Waals surface area contributed by atoms with Crippen LogP contribution in [0.3, 0.4) is 0 Å². The van der Waals surface area contributed by atoms with Crippen molar-refractivity contribution in [3.05, 3.63) is 93.4 Å². The molecule has 4 aromatic rings. The standard InChI is InChI=1S/2C10H10BrN3/c1-8(14-7-6-12-13-14)9-2-4-10(11)5-3-9;1-8(14-12-6-7-13-14)9-2-4-10(11)5-3-9/h2*2-8H,1H3. The lowest BCUT2D eigenvalue weighted by molar-refractivity contribution is 0.493. The fourth-order valence-electron chi connectivity index (χ4n) is 2.62. The van der Waals surface area contributed by atoms with Gasteiger partial charge in [-0.1, -0.05) is 61.3 Å². The van der Waals surface area contributed by atoms with Crippen LogP contribution in [-0.4, -0.2) is 30.0 Å². The second kappa shape index (κ2) is 9.75. The highest BCUT2D eigenvalue weighted by Gasteiger charge is 2.08. The first-order chi connectivity index (χ1) is 13.5. The van der Waals surface area contributed by atoms with E-state index in [1.54, 1.807) is 23.4 Å². The number of hydrogen-bond acceptors (Lipinski definition) is 4. The first-order valence-corrected chi connectivity index (χ1v) is 10.4. The lowest BCUT2D eigenvalue weighted by Gasteiger charge is -2.11. The quantitative estimate of drug-likeness (QED) is 0.379. The van der Waals surface area contributed by atoms with Crippen molar-refractivity contribution in [1.82, 2.24) is 30.0 Å². The van der Waals surface area contributed by atoms with Gasteiger partial charge in [0.1, 0.15) is 0 Å². The van der Waals surface area contributed by atoms with E-state index in [0.29, 0.717) is 0 Å². The number of hydrogen-bond donors (Lipinski definition) is 0. The van der Waals surface area contributed by atoms with Gasteiger partial charge in [0.15, 0.2) is 0 Å². The first-order valence-electron chi connectivity index (χ1n) is 8.77. The van der Waals surface area contributed by atoms with Gasteiger partial charge in [0.05, 0.1) is 30.7 Å².